The predicted octanol–water partition coefficient (Wildman–Crippen LogP) is 0.0690. The summed E-state index contributed by atoms with van der Waals surface area (Å²) in [6.45, 7) is 0. The molecular weight excluding hydrogens is 136 g/mol. The first-order valence-electron chi connectivity index (χ1n) is 2.42. The zero-order chi connectivity index (χ0) is 6.85. The van der Waals surface area contributed by atoms with Crippen molar-refractivity contribution in [3.63, 3.8) is 0 Å². The number of thiol groups is 1. The lowest BCUT2D eigenvalue weighted by molar-refractivity contribution is 0.763. The summed E-state index contributed by atoms with van der Waals surface area (Å²) in [4.78, 5) is 14.0. The standard InChI is InChI=1S/C5H6N2OS/c1-7-3-6-4(8)2-5(7)9/h2-3,9H,1H3. The minimum atomic E-state index is -0.252. The first-order valence-corrected chi connectivity index (χ1v) is 2.86. The maximum Gasteiger partial charge on any atom is 0.273 e. The van der Waals surface area contributed by atoms with Gasteiger partial charge in [0, 0.05) is 13.1 Å². The van der Waals surface area contributed by atoms with Crippen LogP contribution in [0.15, 0.2) is 22.2 Å². The van der Waals surface area contributed by atoms with Gasteiger partial charge < -0.3 is 4.57 Å². The van der Waals surface area contributed by atoms with E-state index in [1.54, 1.807) is 11.6 Å². The summed E-state index contributed by atoms with van der Waals surface area (Å²) < 4.78 is 1.66. The molecular formula is C5H6N2OS. The van der Waals surface area contributed by atoms with Gasteiger partial charge in [0.05, 0.1) is 11.4 Å². The predicted molar refractivity (Wildman–Crippen MR) is 36.7 cm³/mol. The van der Waals surface area contributed by atoms with Crippen LogP contribution >= 0.6 is 12.6 Å². The van der Waals surface area contributed by atoms with Gasteiger partial charge in [0.25, 0.3) is 5.56 Å². The van der Waals surface area contributed by atoms with Gasteiger partial charge in [0.2, 0.25) is 0 Å². The number of aromatic nitrogens is 2. The van der Waals surface area contributed by atoms with Crippen LogP contribution in [0.3, 0.4) is 0 Å². The van der Waals surface area contributed by atoms with Crippen LogP contribution in [0.5, 0.6) is 0 Å². The van der Waals surface area contributed by atoms with Crippen LogP contribution in [0.25, 0.3) is 0 Å². The molecule has 3 nitrogen and oxygen atoms in total. The second-order valence-corrected chi connectivity index (χ2v) is 2.15. The van der Waals surface area contributed by atoms with Crippen molar-refractivity contribution in [3.05, 3.63) is 22.7 Å². The molecule has 0 amide bonds. The van der Waals surface area contributed by atoms with Crippen molar-refractivity contribution in [2.75, 3.05) is 0 Å². The Labute approximate surface area is 57.8 Å². The zero-order valence-corrected chi connectivity index (χ0v) is 5.80. The maximum absolute atomic E-state index is 10.5. The lowest BCUT2D eigenvalue weighted by atomic mass is 10.6. The van der Waals surface area contributed by atoms with Crippen molar-refractivity contribution < 1.29 is 0 Å². The van der Waals surface area contributed by atoms with Gasteiger partial charge in [0.1, 0.15) is 0 Å². The van der Waals surface area contributed by atoms with Crippen LogP contribution < -0.4 is 5.56 Å². The number of hydrogen-bond donors (Lipinski definition) is 1. The molecule has 1 rings (SSSR count). The highest BCUT2D eigenvalue weighted by Gasteiger charge is 1.88. The van der Waals surface area contributed by atoms with Crippen molar-refractivity contribution in [1.82, 2.24) is 9.55 Å². The fraction of sp³-hybridized carbons (Fsp3) is 0.200. The van der Waals surface area contributed by atoms with Crippen LogP contribution in [0.4, 0.5) is 0 Å². The van der Waals surface area contributed by atoms with E-state index >= 15 is 0 Å². The van der Waals surface area contributed by atoms with E-state index in [0.717, 1.165) is 0 Å². The number of hydrogen-bond acceptors (Lipinski definition) is 3. The molecule has 4 heteroatoms. The van der Waals surface area contributed by atoms with Gasteiger partial charge in [-0.25, -0.2) is 0 Å². The quantitative estimate of drug-likeness (QED) is 0.411. The van der Waals surface area contributed by atoms with E-state index < -0.39 is 0 Å². The van der Waals surface area contributed by atoms with Crippen LogP contribution in [0.2, 0.25) is 0 Å². The summed E-state index contributed by atoms with van der Waals surface area (Å²) in [6.07, 6.45) is 1.44. The summed E-state index contributed by atoms with van der Waals surface area (Å²) in [5, 5.41) is 0.620. The summed E-state index contributed by atoms with van der Waals surface area (Å²) in [7, 11) is 1.77. The third kappa shape index (κ3) is 1.32. The fourth-order valence-electron chi connectivity index (χ4n) is 0.452. The molecule has 0 unspecified atom stereocenters. The first-order chi connectivity index (χ1) is 4.20. The molecule has 0 N–H and O–H groups in total. The summed E-state index contributed by atoms with van der Waals surface area (Å²) in [6, 6.07) is 1.36. The Morgan fingerprint density at radius 1 is 1.78 bits per heavy atom. The second kappa shape index (κ2) is 2.23. The Hall–Kier alpha value is -0.770. The highest BCUT2D eigenvalue weighted by Crippen LogP contribution is 1.95. The molecule has 0 radical (unpaired) electrons. The first kappa shape index (κ1) is 6.35. The average Bonchev–Trinajstić information content (AvgIpc) is 1.80. The van der Waals surface area contributed by atoms with Gasteiger partial charge >= 0.3 is 0 Å². The van der Waals surface area contributed by atoms with E-state index in [0.29, 0.717) is 5.03 Å². The highest BCUT2D eigenvalue weighted by molar-refractivity contribution is 7.80. The SMILES string of the molecule is Cn1cnc(=O)cc1S. The number of aryl methyl sites for hydroxylation is 1. The number of nitrogens with zero attached hydrogens (tertiary/aromatic N) is 2. The van der Waals surface area contributed by atoms with Crippen molar-refractivity contribution in [1.29, 1.82) is 0 Å². The normalized spacial score (nSPS) is 9.56. The van der Waals surface area contributed by atoms with Gasteiger partial charge in [-0.2, -0.15) is 4.98 Å². The zero-order valence-electron chi connectivity index (χ0n) is 4.90. The van der Waals surface area contributed by atoms with Crippen molar-refractivity contribution in [2.24, 2.45) is 7.05 Å². The molecule has 9 heavy (non-hydrogen) atoms. The molecule has 0 aliphatic carbocycles. The maximum atomic E-state index is 10.5. The van der Waals surface area contributed by atoms with E-state index in [1.165, 1.54) is 12.4 Å². The van der Waals surface area contributed by atoms with Crippen LogP contribution in [-0.2, 0) is 7.05 Å². The molecule has 1 aromatic rings. The summed E-state index contributed by atoms with van der Waals surface area (Å²) in [5.74, 6) is 0. The molecule has 0 aromatic carbocycles. The minimum Gasteiger partial charge on any atom is -0.330 e. The molecule has 0 bridgehead atoms. The van der Waals surface area contributed by atoms with Crippen molar-refractivity contribution in [3.8, 4) is 0 Å². The Kier molecular flexibility index (Phi) is 1.57. The fourth-order valence-corrected chi connectivity index (χ4v) is 0.614. The van der Waals surface area contributed by atoms with Gasteiger partial charge in [-0.05, 0) is 0 Å². The average molecular weight is 142 g/mol. The molecule has 1 heterocycles. The summed E-state index contributed by atoms with van der Waals surface area (Å²) >= 11 is 3.99. The molecule has 0 aliphatic rings. The minimum absolute atomic E-state index is 0.252. The molecule has 0 fully saturated rings. The van der Waals surface area contributed by atoms with E-state index in [9.17, 15) is 4.79 Å². The lowest BCUT2D eigenvalue weighted by Crippen LogP contribution is -2.08. The van der Waals surface area contributed by atoms with E-state index in [1.807, 2.05) is 0 Å². The van der Waals surface area contributed by atoms with Crippen LogP contribution in [0, 0.1) is 0 Å². The van der Waals surface area contributed by atoms with Gasteiger partial charge in [-0.1, -0.05) is 0 Å². The molecule has 0 aliphatic heterocycles. The summed E-state index contributed by atoms with van der Waals surface area (Å²) in [5.41, 5.74) is -0.252. The van der Waals surface area contributed by atoms with Crippen LogP contribution in [0.1, 0.15) is 0 Å². The highest BCUT2D eigenvalue weighted by atomic mass is 32.1. The monoisotopic (exact) mass is 142 g/mol. The van der Waals surface area contributed by atoms with Gasteiger partial charge in [0.15, 0.2) is 0 Å². The molecule has 0 saturated heterocycles. The Morgan fingerprint density at radius 3 is 2.89 bits per heavy atom. The Balaban J connectivity index is 3.34. The second-order valence-electron chi connectivity index (χ2n) is 1.70. The molecule has 0 atom stereocenters. The smallest absolute Gasteiger partial charge is 0.273 e. The Bertz CT molecular complexity index is 268. The Morgan fingerprint density at radius 2 is 2.44 bits per heavy atom. The van der Waals surface area contributed by atoms with E-state index in [2.05, 4.69) is 17.6 Å². The third-order valence-electron chi connectivity index (χ3n) is 0.972. The molecule has 0 spiro atoms. The van der Waals surface area contributed by atoms with Crippen molar-refractivity contribution in [2.45, 2.75) is 5.03 Å². The third-order valence-corrected chi connectivity index (χ3v) is 1.42. The molecule has 0 saturated carbocycles. The molecule has 48 valence electrons. The number of rotatable bonds is 0. The topological polar surface area (TPSA) is 34.9 Å². The van der Waals surface area contributed by atoms with Gasteiger partial charge in [-0.15, -0.1) is 12.6 Å². The molecule has 1 aromatic heterocycles. The van der Waals surface area contributed by atoms with E-state index in [-0.39, 0.29) is 5.56 Å². The largest absolute Gasteiger partial charge is 0.330 e. The van der Waals surface area contributed by atoms with Crippen LogP contribution in [-0.4, -0.2) is 9.55 Å². The van der Waals surface area contributed by atoms with Gasteiger partial charge in [-0.3, -0.25) is 4.79 Å². The van der Waals surface area contributed by atoms with E-state index in [4.69, 9.17) is 0 Å². The van der Waals surface area contributed by atoms with Crippen molar-refractivity contribution >= 4 is 12.6 Å². The lowest BCUT2D eigenvalue weighted by Gasteiger charge is -1.96.